The van der Waals surface area contributed by atoms with Gasteiger partial charge < -0.3 is 10.1 Å². The van der Waals surface area contributed by atoms with Crippen LogP contribution in [0, 0.1) is 0 Å². The van der Waals surface area contributed by atoms with Crippen molar-refractivity contribution in [3.05, 3.63) is 47.5 Å². The van der Waals surface area contributed by atoms with Crippen molar-refractivity contribution in [3.8, 4) is 5.75 Å². The van der Waals surface area contributed by atoms with Gasteiger partial charge in [-0.15, -0.1) is 11.3 Å². The molecular formula is C19H21N3O4S2. The topological polar surface area (TPSA) is 97.4 Å². The third-order valence-electron chi connectivity index (χ3n) is 3.91. The molecule has 0 aliphatic heterocycles. The van der Waals surface area contributed by atoms with Gasteiger partial charge in [-0.25, -0.2) is 13.4 Å². The number of rotatable bonds is 8. The predicted octanol–water partition coefficient (Wildman–Crippen LogP) is 3.64. The summed E-state index contributed by atoms with van der Waals surface area (Å²) in [6.45, 7) is 0. The lowest BCUT2D eigenvalue weighted by Gasteiger charge is -2.12. The number of nitrogens with one attached hydrogen (secondary N) is 2. The first-order valence-corrected chi connectivity index (χ1v) is 11.3. The van der Waals surface area contributed by atoms with Crippen LogP contribution in [0.5, 0.6) is 5.75 Å². The zero-order chi connectivity index (χ0) is 20.1. The number of carbonyl (C=O) groups excluding carboxylic acids is 1. The molecule has 7 nitrogen and oxygen atoms in total. The third-order valence-corrected chi connectivity index (χ3v) is 5.60. The molecule has 0 saturated carbocycles. The molecule has 9 heteroatoms. The maximum absolute atomic E-state index is 12.2. The minimum atomic E-state index is -3.46. The zero-order valence-electron chi connectivity index (χ0n) is 15.6. The van der Waals surface area contributed by atoms with Crippen molar-refractivity contribution in [2.75, 3.05) is 23.4 Å². The highest BCUT2D eigenvalue weighted by Crippen LogP contribution is 2.29. The monoisotopic (exact) mass is 419 g/mol. The highest BCUT2D eigenvalue weighted by atomic mass is 32.2. The van der Waals surface area contributed by atoms with Crippen LogP contribution in [0.3, 0.4) is 0 Å². The van der Waals surface area contributed by atoms with E-state index in [1.807, 2.05) is 24.3 Å². The quantitative estimate of drug-likeness (QED) is 0.581. The fraction of sp³-hybridized carbons (Fsp3) is 0.263. The minimum Gasteiger partial charge on any atom is -0.495 e. The number of hydrogen-bond donors (Lipinski definition) is 2. The predicted molar refractivity (Wildman–Crippen MR) is 113 cm³/mol. The second kappa shape index (κ2) is 8.57. The van der Waals surface area contributed by atoms with E-state index in [0.717, 1.165) is 27.9 Å². The van der Waals surface area contributed by atoms with Crippen molar-refractivity contribution < 1.29 is 17.9 Å². The second-order valence-electron chi connectivity index (χ2n) is 6.27. The van der Waals surface area contributed by atoms with Gasteiger partial charge in [-0.2, -0.15) is 0 Å². The first-order valence-electron chi connectivity index (χ1n) is 8.64. The fourth-order valence-electron chi connectivity index (χ4n) is 2.72. The fourth-order valence-corrected chi connectivity index (χ4v) is 4.28. The number of methoxy groups -OCH3 is 1. The molecule has 0 aliphatic carbocycles. The number of carbonyl (C=O) groups is 1. The minimum absolute atomic E-state index is 0.142. The molecule has 0 bridgehead atoms. The van der Waals surface area contributed by atoms with Gasteiger partial charge in [-0.1, -0.05) is 12.1 Å². The molecular weight excluding hydrogens is 398 g/mol. The van der Waals surface area contributed by atoms with Crippen molar-refractivity contribution >= 4 is 48.9 Å². The molecule has 0 unspecified atom stereocenters. The van der Waals surface area contributed by atoms with E-state index < -0.39 is 10.0 Å². The lowest BCUT2D eigenvalue weighted by molar-refractivity contribution is -0.116. The summed E-state index contributed by atoms with van der Waals surface area (Å²) in [6, 6.07) is 12.8. The lowest BCUT2D eigenvalue weighted by Crippen LogP contribution is -2.13. The van der Waals surface area contributed by atoms with Gasteiger partial charge in [-0.3, -0.25) is 9.52 Å². The van der Waals surface area contributed by atoms with Crippen LogP contribution in [0.2, 0.25) is 0 Å². The average Bonchev–Trinajstić information content (AvgIpc) is 3.03. The molecule has 0 radical (unpaired) electrons. The van der Waals surface area contributed by atoms with Crippen LogP contribution >= 0.6 is 11.3 Å². The van der Waals surface area contributed by atoms with Gasteiger partial charge in [0.05, 0.1) is 34.3 Å². The van der Waals surface area contributed by atoms with Gasteiger partial charge >= 0.3 is 0 Å². The summed E-state index contributed by atoms with van der Waals surface area (Å²) in [5.41, 5.74) is 1.75. The van der Waals surface area contributed by atoms with Gasteiger partial charge in [0.1, 0.15) is 5.75 Å². The van der Waals surface area contributed by atoms with Crippen LogP contribution in [-0.4, -0.2) is 32.7 Å². The molecule has 148 valence electrons. The molecule has 0 atom stereocenters. The van der Waals surface area contributed by atoms with E-state index >= 15 is 0 Å². The number of ether oxygens (including phenoxy) is 1. The summed E-state index contributed by atoms with van der Waals surface area (Å²) < 4.78 is 31.6. The van der Waals surface area contributed by atoms with Gasteiger partial charge in [-0.05, 0) is 43.2 Å². The van der Waals surface area contributed by atoms with E-state index in [1.54, 1.807) is 23.5 Å². The summed E-state index contributed by atoms with van der Waals surface area (Å²) in [5.74, 6) is 0.232. The average molecular weight is 420 g/mol. The highest BCUT2D eigenvalue weighted by molar-refractivity contribution is 7.92. The largest absolute Gasteiger partial charge is 0.495 e. The number of fused-ring (bicyclic) bond motifs is 1. The lowest BCUT2D eigenvalue weighted by atomic mass is 10.2. The Balaban J connectivity index is 1.57. The number of anilines is 2. The zero-order valence-corrected chi connectivity index (χ0v) is 17.2. The number of amides is 1. The molecule has 28 heavy (non-hydrogen) atoms. The second-order valence-corrected chi connectivity index (χ2v) is 9.13. The molecule has 2 N–H and O–H groups in total. The van der Waals surface area contributed by atoms with E-state index in [9.17, 15) is 13.2 Å². The van der Waals surface area contributed by atoms with Crippen molar-refractivity contribution in [1.29, 1.82) is 0 Å². The van der Waals surface area contributed by atoms with E-state index in [0.29, 0.717) is 24.3 Å². The summed E-state index contributed by atoms with van der Waals surface area (Å²) >= 11 is 1.64. The standard InChI is InChI=1S/C19H21N3O4S2/c1-26-16-11-10-13(12-15(16)22-28(2,24)25)20-18(23)8-5-9-19-21-14-6-3-4-7-17(14)27-19/h3-4,6-7,10-12,22H,5,8-9H2,1-2H3,(H,20,23). The summed E-state index contributed by atoms with van der Waals surface area (Å²) in [6.07, 6.45) is 2.81. The van der Waals surface area contributed by atoms with Gasteiger partial charge in [0.15, 0.2) is 0 Å². The molecule has 3 rings (SSSR count). The van der Waals surface area contributed by atoms with Crippen LogP contribution < -0.4 is 14.8 Å². The van der Waals surface area contributed by atoms with Gasteiger partial charge in [0.25, 0.3) is 0 Å². The molecule has 0 fully saturated rings. The Morgan fingerprint density at radius 3 is 2.71 bits per heavy atom. The Bertz CT molecular complexity index is 1060. The van der Waals surface area contributed by atoms with Crippen molar-refractivity contribution in [2.24, 2.45) is 0 Å². The number of thiazole rings is 1. The van der Waals surface area contributed by atoms with E-state index in [-0.39, 0.29) is 11.6 Å². The first-order chi connectivity index (χ1) is 13.3. The number of benzene rings is 2. The number of aromatic nitrogens is 1. The molecule has 0 aliphatic rings. The Hall–Kier alpha value is -2.65. The van der Waals surface area contributed by atoms with E-state index in [1.165, 1.54) is 13.2 Å². The van der Waals surface area contributed by atoms with Crippen LogP contribution in [0.15, 0.2) is 42.5 Å². The van der Waals surface area contributed by atoms with Gasteiger partial charge in [0.2, 0.25) is 15.9 Å². The molecule has 0 spiro atoms. The van der Waals surface area contributed by atoms with Crippen LogP contribution in [0.1, 0.15) is 17.8 Å². The third kappa shape index (κ3) is 5.43. The maximum Gasteiger partial charge on any atom is 0.229 e. The van der Waals surface area contributed by atoms with Crippen LogP contribution in [0.25, 0.3) is 10.2 Å². The number of sulfonamides is 1. The van der Waals surface area contributed by atoms with Crippen molar-refractivity contribution in [1.82, 2.24) is 4.98 Å². The molecule has 0 saturated heterocycles. The normalized spacial score (nSPS) is 11.4. The van der Waals surface area contributed by atoms with Gasteiger partial charge in [0, 0.05) is 12.1 Å². The highest BCUT2D eigenvalue weighted by Gasteiger charge is 2.11. The number of aryl methyl sites for hydroxylation is 1. The Morgan fingerprint density at radius 1 is 1.21 bits per heavy atom. The molecule has 2 aromatic carbocycles. The van der Waals surface area contributed by atoms with Crippen molar-refractivity contribution in [3.63, 3.8) is 0 Å². The molecule has 1 aromatic heterocycles. The number of nitrogens with zero attached hydrogens (tertiary/aromatic N) is 1. The number of hydrogen-bond acceptors (Lipinski definition) is 6. The smallest absolute Gasteiger partial charge is 0.229 e. The SMILES string of the molecule is COc1ccc(NC(=O)CCCc2nc3ccccc3s2)cc1NS(C)(=O)=O. The summed E-state index contributed by atoms with van der Waals surface area (Å²) in [4.78, 5) is 16.8. The summed E-state index contributed by atoms with van der Waals surface area (Å²) in [5, 5.41) is 3.80. The van der Waals surface area contributed by atoms with Crippen molar-refractivity contribution in [2.45, 2.75) is 19.3 Å². The van der Waals surface area contributed by atoms with E-state index in [2.05, 4.69) is 15.0 Å². The summed E-state index contributed by atoms with van der Waals surface area (Å²) in [7, 11) is -2.01. The molecule has 1 amide bonds. The molecule has 1 heterocycles. The Kier molecular flexibility index (Phi) is 6.15. The Labute approximate surface area is 167 Å². The van der Waals surface area contributed by atoms with E-state index in [4.69, 9.17) is 4.74 Å². The van der Waals surface area contributed by atoms with Crippen LogP contribution in [-0.2, 0) is 21.2 Å². The molecule has 3 aromatic rings. The maximum atomic E-state index is 12.2. The Morgan fingerprint density at radius 2 is 2.00 bits per heavy atom. The van der Waals surface area contributed by atoms with Crippen LogP contribution in [0.4, 0.5) is 11.4 Å². The number of para-hydroxylation sites is 1. The first kappa shape index (κ1) is 20.1.